The monoisotopic (exact) mass is 880 g/mol. The smallest absolute Gasteiger partial charge is 0.143 e. The van der Waals surface area contributed by atoms with Crippen molar-refractivity contribution in [1.29, 1.82) is 0 Å². The van der Waals surface area contributed by atoms with Gasteiger partial charge in [-0.1, -0.05) is 194 Å². The lowest BCUT2D eigenvalue weighted by atomic mass is 9.71. The van der Waals surface area contributed by atoms with Gasteiger partial charge >= 0.3 is 0 Å². The number of furan rings is 1. The van der Waals surface area contributed by atoms with Crippen LogP contribution in [-0.4, -0.2) is 4.57 Å². The topological polar surface area (TPSA) is 21.3 Å². The molecule has 3 heteroatoms. The van der Waals surface area contributed by atoms with Crippen molar-refractivity contribution in [2.75, 3.05) is 4.90 Å². The molecule has 2 aliphatic carbocycles. The van der Waals surface area contributed by atoms with Crippen molar-refractivity contribution < 1.29 is 4.42 Å². The normalized spacial score (nSPS) is 14.1. The fourth-order valence-electron chi connectivity index (χ4n) is 11.5. The van der Waals surface area contributed by atoms with E-state index in [1.54, 1.807) is 0 Å². The molecule has 3 nitrogen and oxygen atoms in total. The van der Waals surface area contributed by atoms with Gasteiger partial charge < -0.3 is 13.9 Å². The molecule has 1 atom stereocenters. The van der Waals surface area contributed by atoms with Gasteiger partial charge in [0.25, 0.3) is 0 Å². The van der Waals surface area contributed by atoms with Crippen LogP contribution in [0.4, 0.5) is 11.4 Å². The molecule has 2 heterocycles. The van der Waals surface area contributed by atoms with Crippen LogP contribution >= 0.6 is 0 Å². The third kappa shape index (κ3) is 6.28. The highest BCUT2D eigenvalue weighted by atomic mass is 16.3. The van der Waals surface area contributed by atoms with E-state index in [0.717, 1.165) is 62.1 Å². The van der Waals surface area contributed by atoms with Gasteiger partial charge in [0.05, 0.1) is 16.7 Å². The predicted molar refractivity (Wildman–Crippen MR) is 288 cm³/mol. The minimum Gasteiger partial charge on any atom is -0.455 e. The first-order chi connectivity index (χ1) is 34.2. The van der Waals surface area contributed by atoms with Gasteiger partial charge in [-0.3, -0.25) is 0 Å². The molecule has 12 aromatic rings. The molecular weight excluding hydrogens is 837 g/mol. The van der Waals surface area contributed by atoms with Crippen LogP contribution in [0.15, 0.2) is 259 Å². The summed E-state index contributed by atoms with van der Waals surface area (Å²) >= 11 is 0. The molecule has 0 saturated heterocycles. The zero-order valence-electron chi connectivity index (χ0n) is 37.8. The molecule has 0 spiro atoms. The van der Waals surface area contributed by atoms with Crippen LogP contribution in [0.3, 0.4) is 0 Å². The Hall–Kier alpha value is -8.92. The zero-order valence-corrected chi connectivity index (χ0v) is 37.8. The first kappa shape index (κ1) is 39.3. The number of rotatable bonds is 7. The van der Waals surface area contributed by atoms with E-state index in [1.807, 2.05) is 6.07 Å². The van der Waals surface area contributed by atoms with E-state index < -0.39 is 0 Å². The van der Waals surface area contributed by atoms with Gasteiger partial charge in [-0.05, 0) is 111 Å². The summed E-state index contributed by atoms with van der Waals surface area (Å²) in [4.78, 5) is 2.49. The largest absolute Gasteiger partial charge is 0.455 e. The van der Waals surface area contributed by atoms with Gasteiger partial charge in [0.2, 0.25) is 0 Å². The number of nitrogens with zero attached hydrogens (tertiary/aromatic N) is 2. The summed E-state index contributed by atoms with van der Waals surface area (Å²) in [6, 6.07) is 86.2. The highest BCUT2D eigenvalue weighted by Crippen LogP contribution is 2.52. The maximum absolute atomic E-state index is 6.52. The van der Waals surface area contributed by atoms with Crippen LogP contribution in [-0.2, 0) is 0 Å². The highest BCUT2D eigenvalue weighted by Gasteiger charge is 2.33. The van der Waals surface area contributed by atoms with Gasteiger partial charge in [-0.25, -0.2) is 0 Å². The SMILES string of the molecule is C1=C2c3ccccc3-c3ccccc3C2CC(N(c2ccc(-c3cccc4c3oc3ccccc34)cc2)c2cccc(-c3ccccc3-c3ccccc3-n3c4ccccc4c4ccccc43)c2)=C1. The fraction of sp³-hybridized carbons (Fsp3) is 0.0303. The Kier molecular flexibility index (Phi) is 9.03. The number of hydrogen-bond acceptors (Lipinski definition) is 2. The Morgan fingerprint density at radius 2 is 0.971 bits per heavy atom. The van der Waals surface area contributed by atoms with E-state index in [2.05, 4.69) is 252 Å². The molecule has 0 saturated carbocycles. The van der Waals surface area contributed by atoms with Crippen molar-refractivity contribution >= 4 is 60.7 Å². The number of para-hydroxylation sites is 5. The Balaban J connectivity index is 0.918. The molecule has 0 bridgehead atoms. The molecule has 0 fully saturated rings. The highest BCUT2D eigenvalue weighted by molar-refractivity contribution is 6.11. The van der Waals surface area contributed by atoms with Crippen molar-refractivity contribution in [3.63, 3.8) is 0 Å². The van der Waals surface area contributed by atoms with Crippen LogP contribution in [0.5, 0.6) is 0 Å². The van der Waals surface area contributed by atoms with Crippen LogP contribution in [0, 0.1) is 0 Å². The number of fused-ring (bicyclic) bond motifs is 12. The van der Waals surface area contributed by atoms with Gasteiger partial charge in [-0.15, -0.1) is 0 Å². The van der Waals surface area contributed by atoms with E-state index >= 15 is 0 Å². The number of aromatic nitrogens is 1. The minimum absolute atomic E-state index is 0.213. The lowest BCUT2D eigenvalue weighted by Crippen LogP contribution is -2.22. The Labute approximate surface area is 400 Å². The minimum atomic E-state index is 0.213. The predicted octanol–water partition coefficient (Wildman–Crippen LogP) is 18.0. The van der Waals surface area contributed by atoms with E-state index in [4.69, 9.17) is 4.42 Å². The third-order valence-electron chi connectivity index (χ3n) is 14.6. The standard InChI is InChI=1S/C66H44N2O/c1-2-20-50(56-25-7-11-31-62(56)68-63-32-12-8-26-57(63)58-27-9-13-33-64(58)68)48(19-1)44-17-15-18-46(41-44)67(47-39-40-55-53-23-4-3-21-51(53)52-22-5-6-24-54(52)61(55)42-47)45-37-35-43(36-38-45)49-29-16-30-60-59-28-10-14-34-65(59)69-66(49)60/h1-41,61H,42H2. The molecule has 14 rings (SSSR count). The summed E-state index contributed by atoms with van der Waals surface area (Å²) in [5, 5.41) is 4.78. The fourth-order valence-corrected chi connectivity index (χ4v) is 11.5. The lowest BCUT2D eigenvalue weighted by Gasteiger charge is -2.37. The average molecular weight is 881 g/mol. The molecule has 0 aliphatic heterocycles. The molecule has 0 amide bonds. The van der Waals surface area contributed by atoms with Gasteiger partial charge in [0.15, 0.2) is 0 Å². The van der Waals surface area contributed by atoms with E-state index in [9.17, 15) is 0 Å². The van der Waals surface area contributed by atoms with Gasteiger partial charge in [-0.2, -0.15) is 0 Å². The van der Waals surface area contributed by atoms with Crippen molar-refractivity contribution in [3.05, 3.63) is 266 Å². The number of hydrogen-bond donors (Lipinski definition) is 0. The Morgan fingerprint density at radius 1 is 0.391 bits per heavy atom. The van der Waals surface area contributed by atoms with E-state index in [0.29, 0.717) is 0 Å². The van der Waals surface area contributed by atoms with Crippen LogP contribution in [0.2, 0.25) is 0 Å². The van der Waals surface area contributed by atoms with Crippen molar-refractivity contribution in [2.45, 2.75) is 12.3 Å². The van der Waals surface area contributed by atoms with Crippen LogP contribution in [0.1, 0.15) is 23.5 Å². The lowest BCUT2D eigenvalue weighted by molar-refractivity contribution is 0.670. The molecule has 10 aromatic carbocycles. The second kappa shape index (κ2) is 15.9. The summed E-state index contributed by atoms with van der Waals surface area (Å²) in [5.41, 5.74) is 22.5. The number of anilines is 2. The van der Waals surface area contributed by atoms with Crippen molar-refractivity contribution in [2.24, 2.45) is 0 Å². The average Bonchev–Trinajstić information content (AvgIpc) is 3.97. The zero-order chi connectivity index (χ0) is 45.4. The molecule has 2 aromatic heterocycles. The molecule has 2 aliphatic rings. The third-order valence-corrected chi connectivity index (χ3v) is 14.6. The first-order valence-electron chi connectivity index (χ1n) is 23.9. The Bertz CT molecular complexity index is 4010. The van der Waals surface area contributed by atoms with E-state index in [1.165, 1.54) is 72.0 Å². The van der Waals surface area contributed by atoms with Gasteiger partial charge in [0, 0.05) is 55.7 Å². The molecule has 69 heavy (non-hydrogen) atoms. The van der Waals surface area contributed by atoms with Gasteiger partial charge in [0.1, 0.15) is 11.2 Å². The van der Waals surface area contributed by atoms with Crippen LogP contribution < -0.4 is 4.90 Å². The molecule has 1 unspecified atom stereocenters. The first-order valence-corrected chi connectivity index (χ1v) is 23.9. The maximum Gasteiger partial charge on any atom is 0.143 e. The second-order valence-corrected chi connectivity index (χ2v) is 18.3. The van der Waals surface area contributed by atoms with E-state index in [-0.39, 0.29) is 5.92 Å². The Morgan fingerprint density at radius 3 is 1.75 bits per heavy atom. The second-order valence-electron chi connectivity index (χ2n) is 18.3. The molecular formula is C66H44N2O. The summed E-state index contributed by atoms with van der Waals surface area (Å²) in [7, 11) is 0. The summed E-state index contributed by atoms with van der Waals surface area (Å²) in [6.07, 6.45) is 5.60. The van der Waals surface area contributed by atoms with Crippen molar-refractivity contribution in [1.82, 2.24) is 4.57 Å². The molecule has 0 radical (unpaired) electrons. The number of allylic oxidation sites excluding steroid dienone is 4. The number of benzene rings is 10. The molecule has 324 valence electrons. The summed E-state index contributed by atoms with van der Waals surface area (Å²) in [6.45, 7) is 0. The quantitative estimate of drug-likeness (QED) is 0.159. The summed E-state index contributed by atoms with van der Waals surface area (Å²) in [5.74, 6) is 0.213. The van der Waals surface area contributed by atoms with Crippen LogP contribution in [0.25, 0.3) is 99.5 Å². The molecule has 0 N–H and O–H groups in total. The maximum atomic E-state index is 6.52. The summed E-state index contributed by atoms with van der Waals surface area (Å²) < 4.78 is 8.96. The van der Waals surface area contributed by atoms with Crippen molar-refractivity contribution in [3.8, 4) is 50.2 Å².